The largest absolute Gasteiger partial charge is 0.355 e. The summed E-state index contributed by atoms with van der Waals surface area (Å²) < 4.78 is 10.6. The van der Waals surface area contributed by atoms with Crippen LogP contribution in [-0.4, -0.2) is 31.3 Å². The topological polar surface area (TPSA) is 64.6 Å². The van der Waals surface area contributed by atoms with E-state index in [1.54, 1.807) is 12.1 Å². The first-order valence-electron chi connectivity index (χ1n) is 5.92. The number of carbonyl (C=O) groups excluding carboxylic acids is 2. The molecule has 5 nitrogen and oxygen atoms in total. The molecule has 1 atom stereocenters. The first-order valence-corrected chi connectivity index (χ1v) is 5.92. The van der Waals surface area contributed by atoms with Gasteiger partial charge in [-0.1, -0.05) is 12.1 Å². The van der Waals surface area contributed by atoms with E-state index in [9.17, 15) is 9.59 Å². The summed E-state index contributed by atoms with van der Waals surface area (Å²) >= 11 is 0. The Labute approximate surface area is 104 Å². The monoisotopic (exact) mass is 247 g/mol. The lowest BCUT2D eigenvalue weighted by Gasteiger charge is -2.23. The van der Waals surface area contributed by atoms with Crippen LogP contribution >= 0.6 is 0 Å². The molecule has 5 heteroatoms. The molecule has 2 aliphatic heterocycles. The van der Waals surface area contributed by atoms with Crippen LogP contribution in [0.1, 0.15) is 32.7 Å². The van der Waals surface area contributed by atoms with Crippen LogP contribution in [0.5, 0.6) is 0 Å². The number of carbonyl (C=O) groups is 2. The van der Waals surface area contributed by atoms with Gasteiger partial charge >= 0.3 is 0 Å². The summed E-state index contributed by atoms with van der Waals surface area (Å²) in [5.41, 5.74) is 1.82. The highest BCUT2D eigenvalue weighted by molar-refractivity contribution is 6.22. The minimum Gasteiger partial charge on any atom is -0.355 e. The van der Waals surface area contributed by atoms with E-state index >= 15 is 0 Å². The molecular formula is C13H13NO4. The number of ether oxygens (including phenoxy) is 2. The zero-order valence-electron chi connectivity index (χ0n) is 9.77. The standard InChI is InChI=1S/C13H13NO4/c15-12-10-3-1-2-8(11(10)13(16)14-12)6-9-4-5-17-7-18-9/h1-3,9H,4-7H2,(H,14,15,16). The van der Waals surface area contributed by atoms with Gasteiger partial charge in [-0.15, -0.1) is 0 Å². The van der Waals surface area contributed by atoms with Gasteiger partial charge in [0.25, 0.3) is 11.8 Å². The molecule has 0 bridgehead atoms. The number of amides is 2. The fourth-order valence-electron chi connectivity index (χ4n) is 2.37. The second kappa shape index (κ2) is 4.51. The Hall–Kier alpha value is -1.72. The molecule has 2 aliphatic rings. The van der Waals surface area contributed by atoms with Crippen molar-refractivity contribution in [2.24, 2.45) is 0 Å². The zero-order valence-corrected chi connectivity index (χ0v) is 9.77. The molecule has 1 aromatic carbocycles. The van der Waals surface area contributed by atoms with Crippen molar-refractivity contribution >= 4 is 11.8 Å². The average Bonchev–Trinajstić information content (AvgIpc) is 2.67. The molecule has 1 N–H and O–H groups in total. The molecule has 0 aromatic heterocycles. The highest BCUT2D eigenvalue weighted by Crippen LogP contribution is 2.23. The molecule has 1 aromatic rings. The van der Waals surface area contributed by atoms with Crippen molar-refractivity contribution in [3.05, 3.63) is 34.9 Å². The lowest BCUT2D eigenvalue weighted by Crippen LogP contribution is -2.26. The second-order valence-electron chi connectivity index (χ2n) is 4.43. The Morgan fingerprint density at radius 2 is 2.17 bits per heavy atom. The van der Waals surface area contributed by atoms with E-state index in [0.717, 1.165) is 12.0 Å². The molecule has 1 fully saturated rings. The third-order valence-corrected chi connectivity index (χ3v) is 3.27. The first kappa shape index (κ1) is 11.4. The third kappa shape index (κ3) is 1.91. The van der Waals surface area contributed by atoms with E-state index in [0.29, 0.717) is 30.9 Å². The first-order chi connectivity index (χ1) is 8.75. The van der Waals surface area contributed by atoms with Gasteiger partial charge in [0.05, 0.1) is 23.8 Å². The lowest BCUT2D eigenvalue weighted by molar-refractivity contribution is -0.138. The van der Waals surface area contributed by atoms with Crippen LogP contribution in [0.2, 0.25) is 0 Å². The van der Waals surface area contributed by atoms with Crippen molar-refractivity contribution in [1.82, 2.24) is 5.32 Å². The minimum atomic E-state index is -0.315. The van der Waals surface area contributed by atoms with E-state index < -0.39 is 0 Å². The molecule has 18 heavy (non-hydrogen) atoms. The Morgan fingerprint density at radius 3 is 2.94 bits per heavy atom. The molecule has 1 unspecified atom stereocenters. The van der Waals surface area contributed by atoms with Gasteiger partial charge in [0.15, 0.2) is 0 Å². The van der Waals surface area contributed by atoms with Gasteiger partial charge in [-0.2, -0.15) is 0 Å². The van der Waals surface area contributed by atoms with Gasteiger partial charge in [-0.25, -0.2) is 0 Å². The van der Waals surface area contributed by atoms with E-state index in [4.69, 9.17) is 9.47 Å². The summed E-state index contributed by atoms with van der Waals surface area (Å²) in [6.45, 7) is 0.968. The van der Waals surface area contributed by atoms with Crippen molar-refractivity contribution in [3.63, 3.8) is 0 Å². The van der Waals surface area contributed by atoms with Crippen LogP contribution < -0.4 is 5.32 Å². The van der Waals surface area contributed by atoms with E-state index in [-0.39, 0.29) is 17.9 Å². The number of rotatable bonds is 2. The summed E-state index contributed by atoms with van der Waals surface area (Å²) in [5.74, 6) is -0.623. The third-order valence-electron chi connectivity index (χ3n) is 3.27. The van der Waals surface area contributed by atoms with Crippen molar-refractivity contribution in [1.29, 1.82) is 0 Å². The Kier molecular flexibility index (Phi) is 2.85. The SMILES string of the molecule is O=C1NC(=O)c2c(CC3CCOCO3)cccc21. The predicted molar refractivity (Wildman–Crippen MR) is 62.3 cm³/mol. The molecule has 2 heterocycles. The summed E-state index contributed by atoms with van der Waals surface area (Å²) in [4.78, 5) is 23.3. The Balaban J connectivity index is 1.89. The number of hydrogen-bond donors (Lipinski definition) is 1. The summed E-state index contributed by atoms with van der Waals surface area (Å²) in [5, 5.41) is 2.32. The van der Waals surface area contributed by atoms with Gasteiger partial charge in [0.2, 0.25) is 0 Å². The number of fused-ring (bicyclic) bond motifs is 1. The van der Waals surface area contributed by atoms with Crippen molar-refractivity contribution in [2.75, 3.05) is 13.4 Å². The summed E-state index contributed by atoms with van der Waals surface area (Å²) in [7, 11) is 0. The minimum absolute atomic E-state index is 0.0498. The van der Waals surface area contributed by atoms with Crippen molar-refractivity contribution in [3.8, 4) is 0 Å². The smallest absolute Gasteiger partial charge is 0.259 e. The quantitative estimate of drug-likeness (QED) is 0.788. The molecule has 0 aliphatic carbocycles. The number of benzene rings is 1. The summed E-state index contributed by atoms with van der Waals surface area (Å²) in [6.07, 6.45) is 1.49. The van der Waals surface area contributed by atoms with Gasteiger partial charge in [0, 0.05) is 0 Å². The molecule has 94 valence electrons. The van der Waals surface area contributed by atoms with E-state index in [1.807, 2.05) is 6.07 Å². The maximum atomic E-state index is 11.7. The predicted octanol–water partition coefficient (Wildman–Crippen LogP) is 0.876. The number of imide groups is 1. The molecule has 0 radical (unpaired) electrons. The fourth-order valence-corrected chi connectivity index (χ4v) is 2.37. The molecule has 2 amide bonds. The van der Waals surface area contributed by atoms with Crippen LogP contribution in [0, 0.1) is 0 Å². The van der Waals surface area contributed by atoms with Crippen LogP contribution in [0.3, 0.4) is 0 Å². The van der Waals surface area contributed by atoms with Gasteiger partial charge in [-0.05, 0) is 24.5 Å². The molecule has 0 saturated carbocycles. The Bertz CT molecular complexity index is 506. The van der Waals surface area contributed by atoms with Gasteiger partial charge in [-0.3, -0.25) is 14.9 Å². The second-order valence-corrected chi connectivity index (χ2v) is 4.43. The molecule has 3 rings (SSSR count). The summed E-state index contributed by atoms with van der Waals surface area (Å²) in [6, 6.07) is 5.34. The number of nitrogens with one attached hydrogen (secondary N) is 1. The molecule has 1 saturated heterocycles. The average molecular weight is 247 g/mol. The van der Waals surface area contributed by atoms with Crippen LogP contribution in [-0.2, 0) is 15.9 Å². The van der Waals surface area contributed by atoms with Crippen LogP contribution in [0.25, 0.3) is 0 Å². The molecular weight excluding hydrogens is 234 g/mol. The highest BCUT2D eigenvalue weighted by Gasteiger charge is 2.30. The van der Waals surface area contributed by atoms with E-state index in [1.165, 1.54) is 0 Å². The zero-order chi connectivity index (χ0) is 12.5. The molecule has 0 spiro atoms. The fraction of sp³-hybridized carbons (Fsp3) is 0.385. The van der Waals surface area contributed by atoms with Crippen molar-refractivity contribution < 1.29 is 19.1 Å². The normalized spacial score (nSPS) is 22.8. The van der Waals surface area contributed by atoms with Crippen molar-refractivity contribution in [2.45, 2.75) is 18.9 Å². The van der Waals surface area contributed by atoms with Crippen LogP contribution in [0.4, 0.5) is 0 Å². The lowest BCUT2D eigenvalue weighted by atomic mass is 9.97. The van der Waals surface area contributed by atoms with E-state index in [2.05, 4.69) is 5.32 Å². The van der Waals surface area contributed by atoms with Gasteiger partial charge < -0.3 is 9.47 Å². The van der Waals surface area contributed by atoms with Crippen LogP contribution in [0.15, 0.2) is 18.2 Å². The maximum absolute atomic E-state index is 11.7. The Morgan fingerprint density at radius 1 is 1.28 bits per heavy atom. The highest BCUT2D eigenvalue weighted by atomic mass is 16.7. The number of hydrogen-bond acceptors (Lipinski definition) is 4. The maximum Gasteiger partial charge on any atom is 0.259 e. The van der Waals surface area contributed by atoms with Gasteiger partial charge in [0.1, 0.15) is 6.79 Å².